The Kier molecular flexibility index (Phi) is 20.4. The largest absolute Gasteiger partial charge is 0.459 e. The number of aliphatic hydroxyl groups excluding tert-OH is 3. The summed E-state index contributed by atoms with van der Waals surface area (Å²) in [6, 6.07) is 10.3. The van der Waals surface area contributed by atoms with E-state index in [1.54, 1.807) is 71.7 Å². The van der Waals surface area contributed by atoms with Crippen LogP contribution in [0.25, 0.3) is 11.1 Å². The molecule has 0 bridgehead atoms. The van der Waals surface area contributed by atoms with Crippen molar-refractivity contribution in [3.8, 4) is 11.1 Å². The minimum Gasteiger partial charge on any atom is -0.459 e. The number of cyclic esters (lactones) is 1. The van der Waals surface area contributed by atoms with Gasteiger partial charge < -0.3 is 63.8 Å². The van der Waals surface area contributed by atoms with Crippen LogP contribution in [0.4, 0.5) is 4.39 Å². The quantitative estimate of drug-likeness (QED) is 0.127. The van der Waals surface area contributed by atoms with Gasteiger partial charge in [0, 0.05) is 69.6 Å². The third kappa shape index (κ3) is 13.9. The third-order valence-corrected chi connectivity index (χ3v) is 16.4. The van der Waals surface area contributed by atoms with Crippen LogP contribution in [0, 0.1) is 17.8 Å². The van der Waals surface area contributed by atoms with Gasteiger partial charge in [-0.3, -0.25) is 9.78 Å². The molecule has 19 atom stereocenters. The van der Waals surface area contributed by atoms with Gasteiger partial charge in [0.15, 0.2) is 12.6 Å². The van der Waals surface area contributed by atoms with Crippen LogP contribution in [0.2, 0.25) is 0 Å². The molecule has 3 aromatic rings. The van der Waals surface area contributed by atoms with Crippen molar-refractivity contribution >= 4 is 5.97 Å². The molecule has 0 unspecified atom stereocenters. The molecule has 0 radical (unpaired) electrons. The summed E-state index contributed by atoms with van der Waals surface area (Å²) in [5, 5.41) is 68.5. The van der Waals surface area contributed by atoms with Crippen LogP contribution in [0.1, 0.15) is 112 Å². The molecule has 0 saturated carbocycles. The van der Waals surface area contributed by atoms with Crippen LogP contribution in [0.5, 0.6) is 0 Å². The van der Waals surface area contributed by atoms with Crippen molar-refractivity contribution in [3.63, 3.8) is 0 Å². The van der Waals surface area contributed by atoms with Gasteiger partial charge in [0.2, 0.25) is 0 Å². The monoisotopic (exact) mass is 1040 g/mol. The average Bonchev–Trinajstić information content (AvgIpc) is 3.85. The maximum absolute atomic E-state index is 14.6. The van der Waals surface area contributed by atoms with Gasteiger partial charge in [-0.2, -0.15) is 0 Å². The van der Waals surface area contributed by atoms with Crippen LogP contribution in [-0.4, -0.2) is 193 Å². The molecule has 3 aliphatic heterocycles. The number of carbonyl (C=O) groups is 1. The number of carbonyl (C=O) groups excluding carboxylic acids is 1. The minimum absolute atomic E-state index is 0.0901. The summed E-state index contributed by atoms with van der Waals surface area (Å²) in [4.78, 5) is 22.5. The second kappa shape index (κ2) is 25.3. The first-order chi connectivity index (χ1) is 34.8. The Hall–Kier alpha value is -3.57. The van der Waals surface area contributed by atoms with E-state index in [1.165, 1.54) is 14.0 Å². The molecule has 416 valence electrons. The van der Waals surface area contributed by atoms with E-state index < -0.39 is 121 Å². The summed E-state index contributed by atoms with van der Waals surface area (Å²) in [5.74, 6) is -2.84. The van der Waals surface area contributed by atoms with E-state index in [-0.39, 0.29) is 25.2 Å². The lowest BCUT2D eigenvalue weighted by Crippen LogP contribution is -2.61. The molecule has 19 heteroatoms. The highest BCUT2D eigenvalue weighted by atomic mass is 19.1. The van der Waals surface area contributed by atoms with Gasteiger partial charge in [-0.1, -0.05) is 50.3 Å². The predicted octanol–water partition coefficient (Wildman–Crippen LogP) is 4.92. The Balaban J connectivity index is 1.24. The van der Waals surface area contributed by atoms with E-state index in [0.29, 0.717) is 38.0 Å². The van der Waals surface area contributed by atoms with Crippen LogP contribution in [-0.2, 0) is 46.1 Å². The zero-order valence-electron chi connectivity index (χ0n) is 46.0. The first-order valence-electron chi connectivity index (χ1n) is 26.6. The molecule has 6 rings (SSSR count). The summed E-state index contributed by atoms with van der Waals surface area (Å²) in [6.45, 7) is 17.7. The highest BCUT2D eigenvalue weighted by Gasteiger charge is 2.53. The molecular formula is C55H87FN6O12. The lowest BCUT2D eigenvalue weighted by molar-refractivity contribution is -0.318. The zero-order valence-corrected chi connectivity index (χ0v) is 46.0. The predicted molar refractivity (Wildman–Crippen MR) is 275 cm³/mol. The summed E-state index contributed by atoms with van der Waals surface area (Å²) in [5.41, 5.74) is -0.844. The number of halogens is 1. The van der Waals surface area contributed by atoms with Gasteiger partial charge in [-0.25, -0.2) is 9.07 Å². The third-order valence-electron chi connectivity index (χ3n) is 16.4. The number of ether oxygens (including phenoxy) is 6. The molecule has 0 aliphatic carbocycles. The topological polar surface area (TPSA) is 224 Å². The molecule has 0 spiro atoms. The highest BCUT2D eigenvalue weighted by molar-refractivity contribution is 5.73. The van der Waals surface area contributed by atoms with Crippen molar-refractivity contribution < 1.29 is 63.1 Å². The number of hydrogen-bond acceptors (Lipinski definition) is 17. The summed E-state index contributed by atoms with van der Waals surface area (Å²) < 4.78 is 54.5. The molecule has 5 heterocycles. The first kappa shape index (κ1) is 59.7. The molecule has 2 aromatic heterocycles. The molecule has 0 amide bonds. The van der Waals surface area contributed by atoms with Crippen molar-refractivity contribution in [2.45, 2.75) is 204 Å². The Morgan fingerprint density at radius 2 is 1.59 bits per heavy atom. The fourth-order valence-corrected chi connectivity index (χ4v) is 11.6. The Labute approximate surface area is 437 Å². The van der Waals surface area contributed by atoms with Crippen molar-refractivity contribution in [2.75, 3.05) is 41.0 Å². The van der Waals surface area contributed by atoms with Crippen molar-refractivity contribution in [1.82, 2.24) is 29.8 Å². The van der Waals surface area contributed by atoms with Crippen LogP contribution in [0.15, 0.2) is 55.0 Å². The van der Waals surface area contributed by atoms with Crippen molar-refractivity contribution in [3.05, 3.63) is 66.2 Å². The molecule has 3 aliphatic rings. The lowest BCUT2D eigenvalue weighted by Gasteiger charge is -2.49. The van der Waals surface area contributed by atoms with Crippen molar-refractivity contribution in [2.24, 2.45) is 17.8 Å². The van der Waals surface area contributed by atoms with E-state index in [1.807, 2.05) is 74.1 Å². The minimum atomic E-state index is -1.85. The number of alkyl halides is 1. The molecule has 3 saturated heterocycles. The second-order valence-corrected chi connectivity index (χ2v) is 22.6. The Bertz CT molecular complexity index is 2210. The van der Waals surface area contributed by atoms with Crippen LogP contribution >= 0.6 is 0 Å². The van der Waals surface area contributed by atoms with E-state index in [0.717, 1.165) is 16.7 Å². The Morgan fingerprint density at radius 1 is 0.932 bits per heavy atom. The van der Waals surface area contributed by atoms with E-state index in [2.05, 4.69) is 15.3 Å². The van der Waals surface area contributed by atoms with Gasteiger partial charge in [0.05, 0.1) is 53.3 Å². The number of rotatable bonds is 15. The molecule has 74 heavy (non-hydrogen) atoms. The van der Waals surface area contributed by atoms with Gasteiger partial charge in [-0.05, 0) is 123 Å². The average molecular weight is 1040 g/mol. The molecule has 1 aromatic carbocycles. The number of hydrogen-bond donors (Lipinski definition) is 5. The summed E-state index contributed by atoms with van der Waals surface area (Å²) in [7, 11) is 5.23. The van der Waals surface area contributed by atoms with Gasteiger partial charge in [0.25, 0.3) is 0 Å². The number of esters is 1. The maximum atomic E-state index is 14.6. The van der Waals surface area contributed by atoms with Crippen molar-refractivity contribution in [1.29, 1.82) is 0 Å². The SMILES string of the molecule is CC[C@H]1OC(=O)[C@H](C)[C@@H](O[C@H]2C[C@@](C)(OC)[C@@H](O)[C@H](C)O2)[C@H](C)[C@@H](O[C@@H]2O[C@H](C)C[C@H](N(C)CCc3cn([C@H](CF)Cc4ccc(-c5ccncc5)cc4)nn3)[C@H]2O)[C@](C)(O)C[C@@H](C)CN(C)[C@H](C)[C@@H](O)[C@]1(C)O. The number of pyridine rings is 1. The maximum Gasteiger partial charge on any atom is 0.311 e. The number of methoxy groups -OCH3 is 1. The zero-order chi connectivity index (χ0) is 54.4. The number of aromatic nitrogens is 4. The number of aliphatic hydroxyl groups is 5. The smallest absolute Gasteiger partial charge is 0.311 e. The summed E-state index contributed by atoms with van der Waals surface area (Å²) in [6.07, 6.45) is -3.16. The molecule has 5 N–H and O–H groups in total. The van der Waals surface area contributed by atoms with E-state index >= 15 is 0 Å². The standard InChI is InChI=1S/C55H87FN6O12/c1-14-44-55(10,68)48(64)36(6)61(12)30-32(2)27-53(8,67)50(34(4)47(35(5)51(66)72-44)73-45-28-54(9,69-13)49(65)37(7)71-45)74-52-46(63)43(25-33(3)70-52)60(11)24-21-41-31-62(59-58-41)42(29-56)26-38-15-17-39(18-16-38)40-19-22-57-23-20-40/h15-20,22-23,31-37,42-50,52,63-65,67-68H,14,21,24-30H2,1-13H3/t32-,33-,34+,35-,36-,37+,42+,43+,44-,45+,46-,47+,48-,49+,50-,52+,53-,54-,55-/m1/s1. The number of benzene rings is 1. The van der Waals surface area contributed by atoms with Crippen LogP contribution in [0.3, 0.4) is 0 Å². The Morgan fingerprint density at radius 3 is 2.23 bits per heavy atom. The fourth-order valence-electron chi connectivity index (χ4n) is 11.6. The first-order valence-corrected chi connectivity index (χ1v) is 26.6. The van der Waals surface area contributed by atoms with Gasteiger partial charge in [-0.15, -0.1) is 5.10 Å². The summed E-state index contributed by atoms with van der Waals surface area (Å²) >= 11 is 0. The lowest BCUT2D eigenvalue weighted by atomic mass is 9.77. The fraction of sp³-hybridized carbons (Fsp3) is 0.745. The van der Waals surface area contributed by atoms with E-state index in [4.69, 9.17) is 28.4 Å². The number of nitrogens with zero attached hydrogens (tertiary/aromatic N) is 6. The molecular weight excluding hydrogens is 956 g/mol. The van der Waals surface area contributed by atoms with Gasteiger partial charge >= 0.3 is 5.97 Å². The second-order valence-electron chi connectivity index (χ2n) is 22.6. The molecule has 18 nitrogen and oxygen atoms in total. The van der Waals surface area contributed by atoms with Gasteiger partial charge in [0.1, 0.15) is 36.7 Å². The number of likely N-dealkylation sites (N-methyl/N-ethyl adjacent to an activating group) is 2. The highest BCUT2D eigenvalue weighted by Crippen LogP contribution is 2.40. The molecule has 3 fully saturated rings. The van der Waals surface area contributed by atoms with Crippen LogP contribution < -0.4 is 0 Å². The normalized spacial score (nSPS) is 38.8. The van der Waals surface area contributed by atoms with E-state index in [9.17, 15) is 34.7 Å².